The number of anilines is 1. The van der Waals surface area contributed by atoms with Gasteiger partial charge in [0, 0.05) is 30.7 Å². The van der Waals surface area contributed by atoms with Crippen LogP contribution >= 0.6 is 0 Å². The Morgan fingerprint density at radius 3 is 2.96 bits per heavy atom. The fourth-order valence-electron chi connectivity index (χ4n) is 2.84. The summed E-state index contributed by atoms with van der Waals surface area (Å²) in [5, 5.41) is 0.125. The second-order valence-corrected chi connectivity index (χ2v) is 5.60. The van der Waals surface area contributed by atoms with Gasteiger partial charge in [-0.2, -0.15) is 0 Å². The molecule has 0 amide bonds. The first-order valence-corrected chi connectivity index (χ1v) is 7.54. The molecule has 1 saturated heterocycles. The molecule has 0 spiro atoms. The third kappa shape index (κ3) is 2.79. The van der Waals surface area contributed by atoms with Gasteiger partial charge in [-0.25, -0.2) is 9.18 Å². The molecule has 1 aliphatic heterocycles. The number of fused-ring (bicyclic) bond motifs is 1. The Morgan fingerprint density at radius 1 is 1.52 bits per heavy atom. The van der Waals surface area contributed by atoms with Crippen LogP contribution in [0.5, 0.6) is 0 Å². The molecule has 3 rings (SSSR count). The first kappa shape index (κ1) is 15.5. The zero-order valence-corrected chi connectivity index (χ0v) is 12.8. The minimum Gasteiger partial charge on any atom is -0.462 e. The zero-order valence-electron chi connectivity index (χ0n) is 12.8. The van der Waals surface area contributed by atoms with Crippen molar-refractivity contribution in [2.45, 2.75) is 19.4 Å². The average Bonchev–Trinajstić information content (AvgIpc) is 2.94. The first-order valence-electron chi connectivity index (χ1n) is 7.54. The monoisotopic (exact) mass is 319 g/mol. The molecule has 0 radical (unpaired) electrons. The number of nitrogens with two attached hydrogens (primary N) is 1. The largest absolute Gasteiger partial charge is 0.462 e. The SMILES string of the molecule is CCOC(=O)c1c[nH]c2cc(N3CC[C@H](N)C3)c(F)cc2c1=O. The van der Waals surface area contributed by atoms with E-state index in [9.17, 15) is 14.0 Å². The highest BCUT2D eigenvalue weighted by molar-refractivity contribution is 5.94. The summed E-state index contributed by atoms with van der Waals surface area (Å²) in [4.78, 5) is 28.8. The molecule has 1 atom stereocenters. The molecule has 1 aromatic heterocycles. The molecule has 6 nitrogen and oxygen atoms in total. The highest BCUT2D eigenvalue weighted by atomic mass is 19.1. The molecule has 0 saturated carbocycles. The van der Waals surface area contributed by atoms with Gasteiger partial charge in [-0.05, 0) is 25.5 Å². The third-order valence-electron chi connectivity index (χ3n) is 4.01. The fourth-order valence-corrected chi connectivity index (χ4v) is 2.84. The number of aromatic amines is 1. The summed E-state index contributed by atoms with van der Waals surface area (Å²) in [6.07, 6.45) is 2.11. The van der Waals surface area contributed by atoms with Crippen LogP contribution < -0.4 is 16.1 Å². The Hall–Kier alpha value is -2.41. The Morgan fingerprint density at radius 2 is 2.30 bits per heavy atom. The zero-order chi connectivity index (χ0) is 16.6. The van der Waals surface area contributed by atoms with Crippen molar-refractivity contribution in [1.29, 1.82) is 0 Å². The van der Waals surface area contributed by atoms with Crippen LogP contribution in [0.1, 0.15) is 23.7 Å². The standard InChI is InChI=1S/C16H18FN3O3/c1-2-23-16(22)11-7-19-13-6-14(20-4-3-9(18)8-20)12(17)5-10(13)15(11)21/h5-7,9H,2-4,8,18H2,1H3,(H,19,21)/t9-/m0/s1. The third-order valence-corrected chi connectivity index (χ3v) is 4.01. The van der Waals surface area contributed by atoms with Crippen molar-refractivity contribution in [3.05, 3.63) is 39.9 Å². The van der Waals surface area contributed by atoms with Gasteiger partial charge in [0.25, 0.3) is 0 Å². The van der Waals surface area contributed by atoms with Gasteiger partial charge >= 0.3 is 5.97 Å². The van der Waals surface area contributed by atoms with Crippen LogP contribution in [0.3, 0.4) is 0 Å². The topological polar surface area (TPSA) is 88.4 Å². The van der Waals surface area contributed by atoms with Gasteiger partial charge in [0.1, 0.15) is 11.4 Å². The predicted molar refractivity (Wildman–Crippen MR) is 85.3 cm³/mol. The van der Waals surface area contributed by atoms with E-state index in [1.54, 1.807) is 13.0 Å². The number of halogens is 1. The lowest BCUT2D eigenvalue weighted by Crippen LogP contribution is -2.27. The van der Waals surface area contributed by atoms with Crippen molar-refractivity contribution in [3.8, 4) is 0 Å². The molecule has 2 heterocycles. The number of nitrogens with zero attached hydrogens (tertiary/aromatic N) is 1. The van der Waals surface area contributed by atoms with Gasteiger partial charge in [0.15, 0.2) is 0 Å². The predicted octanol–water partition coefficient (Wildman–Crippen LogP) is 1.38. The summed E-state index contributed by atoms with van der Waals surface area (Å²) < 4.78 is 19.2. The highest BCUT2D eigenvalue weighted by Gasteiger charge is 2.23. The molecular formula is C16H18FN3O3. The number of hydrogen-bond acceptors (Lipinski definition) is 5. The van der Waals surface area contributed by atoms with Gasteiger partial charge in [-0.3, -0.25) is 4.79 Å². The molecule has 1 aliphatic rings. The van der Waals surface area contributed by atoms with Gasteiger partial charge < -0.3 is 20.4 Å². The number of rotatable bonds is 3. The maximum Gasteiger partial charge on any atom is 0.343 e. The van der Waals surface area contributed by atoms with E-state index >= 15 is 0 Å². The molecule has 3 N–H and O–H groups in total. The van der Waals surface area contributed by atoms with Gasteiger partial charge in [-0.1, -0.05) is 0 Å². The first-order chi connectivity index (χ1) is 11.0. The Balaban J connectivity index is 2.07. The summed E-state index contributed by atoms with van der Waals surface area (Å²) in [6, 6.07) is 2.77. The van der Waals surface area contributed by atoms with Crippen LogP contribution in [0.25, 0.3) is 10.9 Å². The highest BCUT2D eigenvalue weighted by Crippen LogP contribution is 2.26. The van der Waals surface area contributed by atoms with Crippen LogP contribution in [0, 0.1) is 5.82 Å². The van der Waals surface area contributed by atoms with Crippen molar-refractivity contribution < 1.29 is 13.9 Å². The molecule has 0 aliphatic carbocycles. The average molecular weight is 319 g/mol. The number of hydrogen-bond donors (Lipinski definition) is 2. The number of esters is 1. The van der Waals surface area contributed by atoms with Crippen molar-refractivity contribution in [3.63, 3.8) is 0 Å². The molecule has 1 aromatic carbocycles. The van der Waals surface area contributed by atoms with E-state index in [1.807, 2.05) is 4.90 Å². The summed E-state index contributed by atoms with van der Waals surface area (Å²) in [6.45, 7) is 3.07. The molecule has 2 aromatic rings. The van der Waals surface area contributed by atoms with E-state index in [1.165, 1.54) is 6.20 Å². The van der Waals surface area contributed by atoms with Gasteiger partial charge in [-0.15, -0.1) is 0 Å². The van der Waals surface area contributed by atoms with E-state index in [2.05, 4.69) is 4.98 Å². The summed E-state index contributed by atoms with van der Waals surface area (Å²) in [7, 11) is 0. The lowest BCUT2D eigenvalue weighted by Gasteiger charge is -2.19. The van der Waals surface area contributed by atoms with E-state index in [0.717, 1.165) is 12.5 Å². The van der Waals surface area contributed by atoms with Crippen LogP contribution in [0.15, 0.2) is 23.1 Å². The maximum atomic E-state index is 14.4. The molecule has 0 bridgehead atoms. The quantitative estimate of drug-likeness (QED) is 0.835. The van der Waals surface area contributed by atoms with E-state index < -0.39 is 17.2 Å². The number of carbonyl (C=O) groups is 1. The summed E-state index contributed by atoms with van der Waals surface area (Å²) in [5.41, 5.74) is 6.07. The van der Waals surface area contributed by atoms with Crippen LogP contribution in [0.2, 0.25) is 0 Å². The second kappa shape index (κ2) is 6.00. The van der Waals surface area contributed by atoms with Crippen molar-refractivity contribution in [2.75, 3.05) is 24.6 Å². The Bertz CT molecular complexity index is 818. The van der Waals surface area contributed by atoms with Gasteiger partial charge in [0.2, 0.25) is 5.43 Å². The van der Waals surface area contributed by atoms with Crippen LogP contribution in [-0.2, 0) is 4.74 Å². The molecular weight excluding hydrogens is 301 g/mol. The summed E-state index contributed by atoms with van der Waals surface area (Å²) >= 11 is 0. The van der Waals surface area contributed by atoms with Crippen molar-refractivity contribution >= 4 is 22.6 Å². The number of carbonyl (C=O) groups excluding carboxylic acids is 1. The molecule has 0 unspecified atom stereocenters. The number of H-pyrrole nitrogens is 1. The maximum absolute atomic E-state index is 14.4. The lowest BCUT2D eigenvalue weighted by atomic mass is 10.1. The Labute approximate surface area is 132 Å². The minimum absolute atomic E-state index is 0.0235. The van der Waals surface area contributed by atoms with Crippen molar-refractivity contribution in [1.82, 2.24) is 4.98 Å². The molecule has 7 heteroatoms. The normalized spacial score (nSPS) is 17.7. The Kier molecular flexibility index (Phi) is 4.04. The smallest absolute Gasteiger partial charge is 0.343 e. The van der Waals surface area contributed by atoms with E-state index in [0.29, 0.717) is 24.3 Å². The number of ether oxygens (including phenoxy) is 1. The van der Waals surface area contributed by atoms with E-state index in [4.69, 9.17) is 10.5 Å². The second-order valence-electron chi connectivity index (χ2n) is 5.60. The minimum atomic E-state index is -0.717. The van der Waals surface area contributed by atoms with Crippen LogP contribution in [0.4, 0.5) is 10.1 Å². The number of aromatic nitrogens is 1. The number of benzene rings is 1. The van der Waals surface area contributed by atoms with Crippen molar-refractivity contribution in [2.24, 2.45) is 5.73 Å². The molecule has 122 valence electrons. The molecule has 23 heavy (non-hydrogen) atoms. The van der Waals surface area contributed by atoms with E-state index in [-0.39, 0.29) is 23.6 Å². The van der Waals surface area contributed by atoms with Gasteiger partial charge in [0.05, 0.1) is 17.8 Å². The number of nitrogens with one attached hydrogen (secondary N) is 1. The summed E-state index contributed by atoms with van der Waals surface area (Å²) in [5.74, 6) is -1.22. The number of pyridine rings is 1. The van der Waals surface area contributed by atoms with Crippen LogP contribution in [-0.4, -0.2) is 36.7 Å². The molecule has 1 fully saturated rings. The lowest BCUT2D eigenvalue weighted by molar-refractivity contribution is 0.0524. The fraction of sp³-hybridized carbons (Fsp3) is 0.375.